The molecule has 38 heavy (non-hydrogen) atoms. The lowest BCUT2D eigenvalue weighted by Gasteiger charge is -2.39. The number of amides is 1. The lowest BCUT2D eigenvalue weighted by atomic mass is 9.96. The number of rotatable bonds is 6. The fourth-order valence-corrected chi connectivity index (χ4v) is 6.30. The van der Waals surface area contributed by atoms with Gasteiger partial charge in [0.05, 0.1) is 23.5 Å². The van der Waals surface area contributed by atoms with Gasteiger partial charge in [0, 0.05) is 49.4 Å². The van der Waals surface area contributed by atoms with Gasteiger partial charge < -0.3 is 4.90 Å². The van der Waals surface area contributed by atoms with Crippen LogP contribution in [-0.4, -0.2) is 69.4 Å². The van der Waals surface area contributed by atoms with Gasteiger partial charge in [-0.25, -0.2) is 4.98 Å². The van der Waals surface area contributed by atoms with E-state index in [4.69, 9.17) is 4.98 Å². The van der Waals surface area contributed by atoms with Crippen LogP contribution in [0.15, 0.2) is 83.3 Å². The van der Waals surface area contributed by atoms with E-state index in [9.17, 15) is 4.79 Å². The van der Waals surface area contributed by atoms with Crippen molar-refractivity contribution in [2.24, 2.45) is 5.92 Å². The Bertz CT molecular complexity index is 1400. The largest absolute Gasteiger partial charge is 0.340 e. The summed E-state index contributed by atoms with van der Waals surface area (Å²) in [5, 5.41) is 0. The van der Waals surface area contributed by atoms with Crippen molar-refractivity contribution in [2.45, 2.75) is 25.9 Å². The summed E-state index contributed by atoms with van der Waals surface area (Å²) in [7, 11) is 0. The summed E-state index contributed by atoms with van der Waals surface area (Å²) in [5.41, 5.74) is 4.55. The Hall–Kier alpha value is -3.00. The van der Waals surface area contributed by atoms with E-state index in [1.165, 1.54) is 5.56 Å². The highest BCUT2D eigenvalue weighted by Crippen LogP contribution is 2.27. The van der Waals surface area contributed by atoms with Crippen LogP contribution in [0.5, 0.6) is 0 Å². The number of piperazine rings is 1. The van der Waals surface area contributed by atoms with Gasteiger partial charge in [-0.2, -0.15) is 0 Å². The van der Waals surface area contributed by atoms with Crippen LogP contribution in [0.3, 0.4) is 0 Å². The van der Waals surface area contributed by atoms with E-state index in [2.05, 4.69) is 102 Å². The number of aromatic nitrogens is 2. The number of nitrogens with zero attached hydrogens (tertiary/aromatic N) is 5. The van der Waals surface area contributed by atoms with Crippen molar-refractivity contribution in [1.82, 2.24) is 24.3 Å². The Morgan fingerprint density at radius 1 is 0.842 bits per heavy atom. The smallest absolute Gasteiger partial charge is 0.227 e. The predicted molar refractivity (Wildman–Crippen MR) is 155 cm³/mol. The molecule has 2 saturated heterocycles. The van der Waals surface area contributed by atoms with Crippen molar-refractivity contribution >= 4 is 32.9 Å². The number of benzene rings is 3. The van der Waals surface area contributed by atoms with E-state index in [-0.39, 0.29) is 5.92 Å². The van der Waals surface area contributed by atoms with E-state index >= 15 is 0 Å². The number of likely N-dealkylation sites (tertiary alicyclic amines) is 1. The number of para-hydroxylation sites is 2. The quantitative estimate of drug-likeness (QED) is 0.313. The summed E-state index contributed by atoms with van der Waals surface area (Å²) in [6.07, 6.45) is 2.02. The van der Waals surface area contributed by atoms with Crippen LogP contribution in [0, 0.1) is 5.92 Å². The first-order chi connectivity index (χ1) is 18.6. The lowest BCUT2D eigenvalue weighted by molar-refractivity contribution is -0.139. The van der Waals surface area contributed by atoms with Crippen LogP contribution < -0.4 is 0 Å². The first kappa shape index (κ1) is 25.3. The molecule has 6 rings (SSSR count). The predicted octanol–water partition coefficient (Wildman–Crippen LogP) is 5.34. The average Bonchev–Trinajstić information content (AvgIpc) is 3.31. The molecule has 4 aromatic rings. The minimum atomic E-state index is 0.0631. The molecule has 0 bridgehead atoms. The molecular weight excluding hydrogens is 538 g/mol. The number of carbonyl (C=O) groups excluding carboxylic acids is 1. The van der Waals surface area contributed by atoms with Gasteiger partial charge in [0.15, 0.2) is 0 Å². The van der Waals surface area contributed by atoms with E-state index in [1.807, 2.05) is 12.1 Å². The number of imidazole rings is 1. The Kier molecular flexibility index (Phi) is 7.58. The molecule has 0 saturated carbocycles. The standard InChI is InChI=1S/C31H34BrN5O/c32-26-11-6-12-27(20-26)37-29-14-5-4-13-28(29)33-30(37)23-35-15-7-10-25(22-35)31(38)36-18-16-34(17-19-36)21-24-8-2-1-3-9-24/h1-6,8-9,11-14,20,25H,7,10,15-19,21-23H2/t25-/m0/s1. The molecule has 0 spiro atoms. The maximum Gasteiger partial charge on any atom is 0.227 e. The third-order valence-electron chi connectivity index (χ3n) is 7.85. The molecule has 0 N–H and O–H groups in total. The van der Waals surface area contributed by atoms with E-state index in [0.717, 1.165) is 92.2 Å². The molecule has 3 heterocycles. The van der Waals surface area contributed by atoms with Crippen molar-refractivity contribution in [3.05, 3.63) is 94.7 Å². The van der Waals surface area contributed by atoms with Crippen molar-refractivity contribution < 1.29 is 4.79 Å². The van der Waals surface area contributed by atoms with Gasteiger partial charge in [0.2, 0.25) is 5.91 Å². The summed E-state index contributed by atoms with van der Waals surface area (Å²) in [5.74, 6) is 1.41. The van der Waals surface area contributed by atoms with Crippen LogP contribution >= 0.6 is 15.9 Å². The number of halogens is 1. The zero-order chi connectivity index (χ0) is 25.9. The SMILES string of the molecule is O=C([C@H]1CCCN(Cc2nc3ccccc3n2-c2cccc(Br)c2)C1)N1CCN(Cc2ccccc2)CC1. The van der Waals surface area contributed by atoms with E-state index in [0.29, 0.717) is 5.91 Å². The molecule has 1 amide bonds. The molecule has 0 radical (unpaired) electrons. The van der Waals surface area contributed by atoms with E-state index in [1.54, 1.807) is 0 Å². The van der Waals surface area contributed by atoms with Crippen molar-refractivity contribution in [1.29, 1.82) is 0 Å². The summed E-state index contributed by atoms with van der Waals surface area (Å²) >= 11 is 3.63. The summed E-state index contributed by atoms with van der Waals surface area (Å²) < 4.78 is 3.31. The van der Waals surface area contributed by atoms with Crippen LogP contribution in [-0.2, 0) is 17.9 Å². The highest BCUT2D eigenvalue weighted by atomic mass is 79.9. The minimum Gasteiger partial charge on any atom is -0.340 e. The molecule has 1 aromatic heterocycles. The Morgan fingerprint density at radius 3 is 2.45 bits per heavy atom. The number of hydrogen-bond donors (Lipinski definition) is 0. The second kappa shape index (κ2) is 11.4. The normalized spacial score (nSPS) is 19.2. The number of carbonyl (C=O) groups is 1. The zero-order valence-electron chi connectivity index (χ0n) is 21.7. The van der Waals surface area contributed by atoms with Gasteiger partial charge in [-0.15, -0.1) is 0 Å². The molecule has 0 unspecified atom stereocenters. The second-order valence-electron chi connectivity index (χ2n) is 10.5. The minimum absolute atomic E-state index is 0.0631. The third kappa shape index (κ3) is 5.55. The maximum absolute atomic E-state index is 13.5. The fourth-order valence-electron chi connectivity index (χ4n) is 5.91. The molecule has 3 aromatic carbocycles. The first-order valence-electron chi connectivity index (χ1n) is 13.6. The lowest BCUT2D eigenvalue weighted by Crippen LogP contribution is -2.52. The van der Waals surface area contributed by atoms with Crippen molar-refractivity contribution in [3.8, 4) is 5.69 Å². The van der Waals surface area contributed by atoms with Crippen LogP contribution in [0.25, 0.3) is 16.7 Å². The third-order valence-corrected chi connectivity index (χ3v) is 8.34. The summed E-state index contributed by atoms with van der Waals surface area (Å²) in [4.78, 5) is 25.5. The van der Waals surface area contributed by atoms with Gasteiger partial charge >= 0.3 is 0 Å². The summed E-state index contributed by atoms with van der Waals surface area (Å²) in [6.45, 7) is 7.00. The van der Waals surface area contributed by atoms with Crippen LogP contribution in [0.2, 0.25) is 0 Å². The molecule has 196 valence electrons. The van der Waals surface area contributed by atoms with Crippen LogP contribution in [0.1, 0.15) is 24.2 Å². The first-order valence-corrected chi connectivity index (χ1v) is 14.4. The molecule has 2 aliphatic heterocycles. The molecule has 2 fully saturated rings. The highest BCUT2D eigenvalue weighted by molar-refractivity contribution is 9.10. The fraction of sp³-hybridized carbons (Fsp3) is 0.355. The maximum atomic E-state index is 13.5. The number of hydrogen-bond acceptors (Lipinski definition) is 4. The number of piperidine rings is 1. The molecule has 7 heteroatoms. The van der Waals surface area contributed by atoms with Gasteiger partial charge in [-0.3, -0.25) is 19.2 Å². The Balaban J connectivity index is 1.12. The molecular formula is C31H34BrN5O. The van der Waals surface area contributed by atoms with Crippen molar-refractivity contribution in [2.75, 3.05) is 39.3 Å². The zero-order valence-corrected chi connectivity index (χ0v) is 23.3. The van der Waals surface area contributed by atoms with Gasteiger partial charge in [0.25, 0.3) is 0 Å². The average molecular weight is 573 g/mol. The topological polar surface area (TPSA) is 44.6 Å². The molecule has 0 aliphatic carbocycles. The van der Waals surface area contributed by atoms with Crippen LogP contribution in [0.4, 0.5) is 0 Å². The van der Waals surface area contributed by atoms with Crippen molar-refractivity contribution in [3.63, 3.8) is 0 Å². The highest BCUT2D eigenvalue weighted by Gasteiger charge is 2.31. The molecule has 2 aliphatic rings. The van der Waals surface area contributed by atoms with Gasteiger partial charge in [-0.05, 0) is 55.3 Å². The monoisotopic (exact) mass is 571 g/mol. The number of fused-ring (bicyclic) bond motifs is 1. The molecule has 1 atom stereocenters. The van der Waals surface area contributed by atoms with E-state index < -0.39 is 0 Å². The van der Waals surface area contributed by atoms with Gasteiger partial charge in [-0.1, -0.05) is 64.5 Å². The Morgan fingerprint density at radius 2 is 1.63 bits per heavy atom. The molecule has 6 nitrogen and oxygen atoms in total. The Labute approximate surface area is 233 Å². The second-order valence-corrected chi connectivity index (χ2v) is 11.4. The van der Waals surface area contributed by atoms with Gasteiger partial charge in [0.1, 0.15) is 5.82 Å². The summed E-state index contributed by atoms with van der Waals surface area (Å²) in [6, 6.07) is 27.3.